The molecular formula is C17H16ClNO. The Labute approximate surface area is 124 Å². The molecule has 102 valence electrons. The molecule has 2 rings (SSSR count). The Morgan fingerprint density at radius 3 is 2.50 bits per heavy atom. The highest BCUT2D eigenvalue weighted by atomic mass is 35.5. The van der Waals surface area contributed by atoms with Gasteiger partial charge in [-0.05, 0) is 41.3 Å². The zero-order valence-electron chi connectivity index (χ0n) is 11.8. The van der Waals surface area contributed by atoms with Gasteiger partial charge in [-0.15, -0.1) is 0 Å². The highest BCUT2D eigenvalue weighted by Crippen LogP contribution is 2.30. The fourth-order valence-electron chi connectivity index (χ4n) is 1.83. The maximum absolute atomic E-state index is 9.12. The molecule has 0 bridgehead atoms. The van der Waals surface area contributed by atoms with Crippen molar-refractivity contribution in [3.8, 4) is 17.6 Å². The summed E-state index contributed by atoms with van der Waals surface area (Å²) in [4.78, 5) is 0. The van der Waals surface area contributed by atoms with Crippen LogP contribution in [-0.4, -0.2) is 0 Å². The van der Waals surface area contributed by atoms with Gasteiger partial charge in [-0.2, -0.15) is 5.26 Å². The minimum absolute atomic E-state index is 0.0530. The van der Waals surface area contributed by atoms with E-state index in [1.54, 1.807) is 18.2 Å². The number of rotatable bonds is 2. The monoisotopic (exact) mass is 285 g/mol. The molecule has 0 aromatic heterocycles. The van der Waals surface area contributed by atoms with Crippen molar-refractivity contribution in [2.24, 2.45) is 0 Å². The average Bonchev–Trinajstić information content (AvgIpc) is 2.40. The molecule has 0 unspecified atom stereocenters. The van der Waals surface area contributed by atoms with Gasteiger partial charge in [0.2, 0.25) is 0 Å². The van der Waals surface area contributed by atoms with Gasteiger partial charge in [0.1, 0.15) is 17.6 Å². The van der Waals surface area contributed by atoms with E-state index in [9.17, 15) is 0 Å². The minimum Gasteiger partial charge on any atom is -0.456 e. The fraction of sp³-hybridized carbons (Fsp3) is 0.235. The van der Waals surface area contributed by atoms with E-state index in [4.69, 9.17) is 21.6 Å². The third kappa shape index (κ3) is 3.31. The lowest BCUT2D eigenvalue weighted by molar-refractivity contribution is 0.477. The summed E-state index contributed by atoms with van der Waals surface area (Å²) in [7, 11) is 0. The molecule has 3 heteroatoms. The third-order valence-electron chi connectivity index (χ3n) is 2.99. The van der Waals surface area contributed by atoms with Crippen LogP contribution in [0.5, 0.6) is 11.5 Å². The van der Waals surface area contributed by atoms with Crippen molar-refractivity contribution in [3.05, 3.63) is 58.6 Å². The van der Waals surface area contributed by atoms with E-state index in [-0.39, 0.29) is 5.41 Å². The van der Waals surface area contributed by atoms with Crippen molar-refractivity contribution >= 4 is 11.6 Å². The largest absolute Gasteiger partial charge is 0.456 e. The van der Waals surface area contributed by atoms with Gasteiger partial charge in [0.05, 0.1) is 5.56 Å². The van der Waals surface area contributed by atoms with Crippen molar-refractivity contribution in [2.75, 3.05) is 0 Å². The Balaban J connectivity index is 2.34. The highest BCUT2D eigenvalue weighted by molar-refractivity contribution is 6.30. The molecule has 2 aromatic carbocycles. The Morgan fingerprint density at radius 2 is 1.85 bits per heavy atom. The summed E-state index contributed by atoms with van der Waals surface area (Å²) >= 11 is 5.88. The summed E-state index contributed by atoms with van der Waals surface area (Å²) in [5, 5.41) is 9.64. The van der Waals surface area contributed by atoms with Gasteiger partial charge in [-0.25, -0.2) is 0 Å². The zero-order valence-corrected chi connectivity index (χ0v) is 12.5. The Morgan fingerprint density at radius 1 is 1.10 bits per heavy atom. The molecule has 0 radical (unpaired) electrons. The summed E-state index contributed by atoms with van der Waals surface area (Å²) < 4.78 is 5.81. The van der Waals surface area contributed by atoms with E-state index in [1.807, 2.05) is 18.2 Å². The molecule has 0 saturated carbocycles. The number of nitrogens with zero attached hydrogens (tertiary/aromatic N) is 1. The first-order valence-electron chi connectivity index (χ1n) is 6.38. The van der Waals surface area contributed by atoms with Gasteiger partial charge in [-0.1, -0.05) is 44.5 Å². The number of ether oxygens (including phenoxy) is 1. The average molecular weight is 286 g/mol. The molecule has 0 heterocycles. The van der Waals surface area contributed by atoms with E-state index < -0.39 is 0 Å². The van der Waals surface area contributed by atoms with Crippen LogP contribution in [-0.2, 0) is 5.41 Å². The molecule has 0 aliphatic carbocycles. The molecule has 0 spiro atoms. The van der Waals surface area contributed by atoms with Crippen LogP contribution in [0.1, 0.15) is 31.9 Å². The Hall–Kier alpha value is -1.98. The van der Waals surface area contributed by atoms with Gasteiger partial charge >= 0.3 is 0 Å². The summed E-state index contributed by atoms with van der Waals surface area (Å²) in [6, 6.07) is 15.0. The van der Waals surface area contributed by atoms with Crippen LogP contribution in [0.15, 0.2) is 42.5 Å². The number of hydrogen-bond acceptors (Lipinski definition) is 2. The maximum atomic E-state index is 9.12. The van der Waals surface area contributed by atoms with Crippen LogP contribution in [0.25, 0.3) is 0 Å². The second kappa shape index (κ2) is 5.56. The first-order chi connectivity index (χ1) is 9.40. The fourth-order valence-corrected chi connectivity index (χ4v) is 2.00. The van der Waals surface area contributed by atoms with Crippen LogP contribution in [0.4, 0.5) is 0 Å². The topological polar surface area (TPSA) is 33.0 Å². The molecule has 0 fully saturated rings. The predicted molar refractivity (Wildman–Crippen MR) is 81.4 cm³/mol. The van der Waals surface area contributed by atoms with Crippen molar-refractivity contribution in [1.29, 1.82) is 5.26 Å². The van der Waals surface area contributed by atoms with E-state index in [0.29, 0.717) is 16.3 Å². The SMILES string of the molecule is CC(C)(C)c1cccc(Oc2ccc(Cl)cc2C#N)c1. The summed E-state index contributed by atoms with van der Waals surface area (Å²) in [5.41, 5.74) is 1.67. The van der Waals surface area contributed by atoms with Crippen molar-refractivity contribution in [1.82, 2.24) is 0 Å². The van der Waals surface area contributed by atoms with Crippen LogP contribution >= 0.6 is 11.6 Å². The van der Waals surface area contributed by atoms with Gasteiger partial charge in [-0.3, -0.25) is 0 Å². The number of benzene rings is 2. The number of hydrogen-bond donors (Lipinski definition) is 0. The lowest BCUT2D eigenvalue weighted by atomic mass is 9.87. The quantitative estimate of drug-likeness (QED) is 0.750. The van der Waals surface area contributed by atoms with Gasteiger partial charge in [0.15, 0.2) is 0 Å². The summed E-state index contributed by atoms with van der Waals surface area (Å²) in [5.74, 6) is 1.24. The van der Waals surface area contributed by atoms with Crippen LogP contribution < -0.4 is 4.74 Å². The Kier molecular flexibility index (Phi) is 4.01. The van der Waals surface area contributed by atoms with E-state index in [2.05, 4.69) is 32.9 Å². The predicted octanol–water partition coefficient (Wildman–Crippen LogP) is 5.30. The second-order valence-corrected chi connectivity index (χ2v) is 6.07. The minimum atomic E-state index is 0.0530. The molecule has 2 aromatic rings. The molecule has 0 aliphatic heterocycles. The van der Waals surface area contributed by atoms with E-state index >= 15 is 0 Å². The normalized spacial score (nSPS) is 10.9. The zero-order chi connectivity index (χ0) is 14.8. The maximum Gasteiger partial charge on any atom is 0.145 e. The van der Waals surface area contributed by atoms with Crippen LogP contribution in [0, 0.1) is 11.3 Å². The molecule has 2 nitrogen and oxygen atoms in total. The molecular weight excluding hydrogens is 270 g/mol. The highest BCUT2D eigenvalue weighted by Gasteiger charge is 2.14. The van der Waals surface area contributed by atoms with E-state index in [0.717, 1.165) is 5.75 Å². The number of halogens is 1. The second-order valence-electron chi connectivity index (χ2n) is 5.63. The first-order valence-corrected chi connectivity index (χ1v) is 6.76. The standard InChI is InChI=1S/C17H16ClNO/c1-17(2,3)13-5-4-6-15(10-13)20-16-8-7-14(18)9-12(16)11-19/h4-10H,1-3H3. The van der Waals surface area contributed by atoms with Crippen LogP contribution in [0.3, 0.4) is 0 Å². The Bertz CT molecular complexity index is 665. The first kappa shape index (κ1) is 14.4. The van der Waals surface area contributed by atoms with E-state index in [1.165, 1.54) is 5.56 Å². The third-order valence-corrected chi connectivity index (χ3v) is 3.23. The van der Waals surface area contributed by atoms with Crippen LogP contribution in [0.2, 0.25) is 5.02 Å². The summed E-state index contributed by atoms with van der Waals surface area (Å²) in [6.45, 7) is 6.44. The molecule has 0 amide bonds. The molecule has 20 heavy (non-hydrogen) atoms. The molecule has 0 aliphatic rings. The molecule has 0 N–H and O–H groups in total. The lowest BCUT2D eigenvalue weighted by Crippen LogP contribution is -2.10. The smallest absolute Gasteiger partial charge is 0.145 e. The lowest BCUT2D eigenvalue weighted by Gasteiger charge is -2.19. The van der Waals surface area contributed by atoms with Crippen molar-refractivity contribution in [2.45, 2.75) is 26.2 Å². The number of nitriles is 1. The van der Waals surface area contributed by atoms with Gasteiger partial charge < -0.3 is 4.74 Å². The van der Waals surface area contributed by atoms with Crippen molar-refractivity contribution < 1.29 is 4.74 Å². The van der Waals surface area contributed by atoms with Gasteiger partial charge in [0.25, 0.3) is 0 Å². The van der Waals surface area contributed by atoms with Gasteiger partial charge in [0, 0.05) is 5.02 Å². The van der Waals surface area contributed by atoms with Crippen molar-refractivity contribution in [3.63, 3.8) is 0 Å². The molecule has 0 atom stereocenters. The summed E-state index contributed by atoms with van der Waals surface area (Å²) in [6.07, 6.45) is 0. The molecule has 0 saturated heterocycles.